The van der Waals surface area contributed by atoms with E-state index in [9.17, 15) is 4.79 Å². The summed E-state index contributed by atoms with van der Waals surface area (Å²) in [5.74, 6) is -0.185. The summed E-state index contributed by atoms with van der Waals surface area (Å²) < 4.78 is 7.08. The zero-order valence-electron chi connectivity index (χ0n) is 12.4. The van der Waals surface area contributed by atoms with Crippen LogP contribution in [-0.4, -0.2) is 52.9 Å². The molecule has 0 radical (unpaired) electrons. The lowest BCUT2D eigenvalue weighted by atomic mass is 10.2. The summed E-state index contributed by atoms with van der Waals surface area (Å²) in [6.45, 7) is 5.26. The van der Waals surface area contributed by atoms with E-state index in [2.05, 4.69) is 20.7 Å². The highest BCUT2D eigenvalue weighted by atomic mass is 16.5. The average Bonchev–Trinajstić information content (AvgIpc) is 3.04. The van der Waals surface area contributed by atoms with Gasteiger partial charge in [0, 0.05) is 32.0 Å². The summed E-state index contributed by atoms with van der Waals surface area (Å²) in [6.07, 6.45) is -0.00371. The molecule has 2 atom stereocenters. The van der Waals surface area contributed by atoms with Crippen LogP contribution in [0.3, 0.4) is 0 Å². The smallest absolute Gasteiger partial charge is 0.270 e. The van der Waals surface area contributed by atoms with Crippen molar-refractivity contribution >= 4 is 11.6 Å². The lowest BCUT2D eigenvalue weighted by molar-refractivity contribution is 0.0776. The van der Waals surface area contributed by atoms with E-state index in [1.165, 1.54) is 0 Å². The number of hydrogen-bond donors (Lipinski definition) is 2. The van der Waals surface area contributed by atoms with Crippen molar-refractivity contribution in [1.29, 1.82) is 0 Å². The van der Waals surface area contributed by atoms with Crippen LogP contribution in [0.2, 0.25) is 0 Å². The summed E-state index contributed by atoms with van der Waals surface area (Å²) in [5, 5.41) is 10.5. The van der Waals surface area contributed by atoms with Gasteiger partial charge in [-0.25, -0.2) is 9.50 Å². The first-order valence-corrected chi connectivity index (χ1v) is 6.97. The minimum atomic E-state index is -0.185. The van der Waals surface area contributed by atoms with Crippen molar-refractivity contribution in [2.24, 2.45) is 0 Å². The molecule has 112 valence electrons. The molecule has 2 aromatic heterocycles. The summed E-state index contributed by atoms with van der Waals surface area (Å²) in [6, 6.07) is 3.57. The van der Waals surface area contributed by atoms with Gasteiger partial charge in [0.05, 0.1) is 17.8 Å². The van der Waals surface area contributed by atoms with Gasteiger partial charge in [-0.1, -0.05) is 0 Å². The van der Waals surface area contributed by atoms with Crippen LogP contribution in [0, 0.1) is 13.8 Å². The minimum absolute atomic E-state index is 0.00371. The zero-order chi connectivity index (χ0) is 15.0. The Morgan fingerprint density at radius 2 is 2.24 bits per heavy atom. The second kappa shape index (κ2) is 5.42. The van der Waals surface area contributed by atoms with Gasteiger partial charge in [0.15, 0.2) is 5.65 Å². The number of carbonyl (C=O) groups excluding carboxylic acids is 1. The van der Waals surface area contributed by atoms with Gasteiger partial charge < -0.3 is 15.4 Å². The first-order valence-electron chi connectivity index (χ1n) is 6.97. The van der Waals surface area contributed by atoms with Crippen molar-refractivity contribution in [2.45, 2.75) is 26.0 Å². The van der Waals surface area contributed by atoms with Crippen LogP contribution < -0.4 is 10.6 Å². The SMILES string of the molecule is CO[C@H]1CNC[C@@H]1NC(=O)c1cc(C)n2nc(C)cc2n1. The second-order valence-electron chi connectivity index (χ2n) is 5.35. The van der Waals surface area contributed by atoms with Crippen LogP contribution in [0.15, 0.2) is 12.1 Å². The van der Waals surface area contributed by atoms with E-state index in [0.29, 0.717) is 17.9 Å². The molecular weight excluding hydrogens is 270 g/mol. The largest absolute Gasteiger partial charge is 0.378 e. The van der Waals surface area contributed by atoms with Crippen molar-refractivity contribution in [1.82, 2.24) is 25.2 Å². The molecule has 1 aliphatic heterocycles. The molecule has 7 nitrogen and oxygen atoms in total. The van der Waals surface area contributed by atoms with Gasteiger partial charge in [0.1, 0.15) is 5.69 Å². The van der Waals surface area contributed by atoms with Gasteiger partial charge in [-0.15, -0.1) is 0 Å². The van der Waals surface area contributed by atoms with E-state index in [4.69, 9.17) is 4.74 Å². The lowest BCUT2D eigenvalue weighted by Crippen LogP contribution is -2.43. The van der Waals surface area contributed by atoms with E-state index in [1.54, 1.807) is 17.7 Å². The third-order valence-corrected chi connectivity index (χ3v) is 3.74. The van der Waals surface area contributed by atoms with E-state index >= 15 is 0 Å². The highest BCUT2D eigenvalue weighted by molar-refractivity contribution is 5.93. The quantitative estimate of drug-likeness (QED) is 0.835. The maximum absolute atomic E-state index is 12.4. The van der Waals surface area contributed by atoms with E-state index < -0.39 is 0 Å². The third-order valence-electron chi connectivity index (χ3n) is 3.74. The number of nitrogens with zero attached hydrogens (tertiary/aromatic N) is 3. The molecule has 1 amide bonds. The van der Waals surface area contributed by atoms with Crippen LogP contribution >= 0.6 is 0 Å². The molecule has 21 heavy (non-hydrogen) atoms. The molecule has 0 aliphatic carbocycles. The fraction of sp³-hybridized carbons (Fsp3) is 0.500. The highest BCUT2D eigenvalue weighted by Gasteiger charge is 2.28. The van der Waals surface area contributed by atoms with Gasteiger partial charge in [0.25, 0.3) is 5.91 Å². The Hall–Kier alpha value is -1.99. The van der Waals surface area contributed by atoms with Crippen LogP contribution in [0.1, 0.15) is 21.9 Å². The number of nitrogens with one attached hydrogen (secondary N) is 2. The van der Waals surface area contributed by atoms with E-state index in [1.807, 2.05) is 19.9 Å². The number of aryl methyl sites for hydroxylation is 2. The molecule has 1 fully saturated rings. The molecule has 0 unspecified atom stereocenters. The number of amides is 1. The monoisotopic (exact) mass is 289 g/mol. The van der Waals surface area contributed by atoms with Crippen LogP contribution in [0.4, 0.5) is 0 Å². The molecule has 3 rings (SSSR count). The van der Waals surface area contributed by atoms with E-state index in [0.717, 1.165) is 17.9 Å². The minimum Gasteiger partial charge on any atom is -0.378 e. The van der Waals surface area contributed by atoms with Gasteiger partial charge in [0.2, 0.25) is 0 Å². The van der Waals surface area contributed by atoms with Gasteiger partial charge in [-0.3, -0.25) is 4.79 Å². The fourth-order valence-electron chi connectivity index (χ4n) is 2.64. The predicted molar refractivity (Wildman–Crippen MR) is 77.4 cm³/mol. The van der Waals surface area contributed by atoms with E-state index in [-0.39, 0.29) is 18.1 Å². The predicted octanol–water partition coefficient (Wildman–Crippen LogP) is 0.0627. The lowest BCUT2D eigenvalue weighted by Gasteiger charge is -2.18. The second-order valence-corrected chi connectivity index (χ2v) is 5.35. The first-order chi connectivity index (χ1) is 10.1. The molecule has 2 aromatic rings. The fourth-order valence-corrected chi connectivity index (χ4v) is 2.64. The Labute approximate surface area is 122 Å². The molecule has 0 spiro atoms. The number of rotatable bonds is 3. The number of aromatic nitrogens is 3. The maximum Gasteiger partial charge on any atom is 0.270 e. The number of ether oxygens (including phenoxy) is 1. The van der Waals surface area contributed by atoms with Crippen LogP contribution in [-0.2, 0) is 4.74 Å². The molecule has 1 aliphatic rings. The third kappa shape index (κ3) is 2.62. The Morgan fingerprint density at radius 3 is 3.00 bits per heavy atom. The Morgan fingerprint density at radius 1 is 1.43 bits per heavy atom. The van der Waals surface area contributed by atoms with Crippen molar-refractivity contribution < 1.29 is 9.53 Å². The van der Waals surface area contributed by atoms with Crippen molar-refractivity contribution in [3.05, 3.63) is 29.2 Å². The Balaban J connectivity index is 1.84. The normalized spacial score (nSPS) is 21.9. The molecular formula is C14H19N5O2. The average molecular weight is 289 g/mol. The topological polar surface area (TPSA) is 80.5 Å². The van der Waals surface area contributed by atoms with Gasteiger partial charge in [-0.05, 0) is 19.9 Å². The number of carbonyl (C=O) groups is 1. The van der Waals surface area contributed by atoms with Crippen molar-refractivity contribution in [3.63, 3.8) is 0 Å². The molecule has 3 heterocycles. The highest BCUT2D eigenvalue weighted by Crippen LogP contribution is 2.10. The Bertz CT molecular complexity index is 681. The molecule has 1 saturated heterocycles. The molecule has 0 bridgehead atoms. The standard InChI is InChI=1S/C14H19N5O2/c1-8-4-13-16-10(5-9(2)19(13)18-8)14(20)17-11-6-15-7-12(11)21-3/h4-5,11-12,15H,6-7H2,1-3H3,(H,17,20)/t11-,12-/m0/s1. The van der Waals surface area contributed by atoms with Crippen LogP contribution in [0.25, 0.3) is 5.65 Å². The maximum atomic E-state index is 12.4. The summed E-state index contributed by atoms with van der Waals surface area (Å²) in [5.41, 5.74) is 2.85. The molecule has 0 saturated carbocycles. The summed E-state index contributed by atoms with van der Waals surface area (Å²) in [7, 11) is 1.65. The van der Waals surface area contributed by atoms with Crippen molar-refractivity contribution in [3.8, 4) is 0 Å². The van der Waals surface area contributed by atoms with Gasteiger partial charge in [-0.2, -0.15) is 5.10 Å². The summed E-state index contributed by atoms with van der Waals surface area (Å²) in [4.78, 5) is 16.8. The molecule has 0 aromatic carbocycles. The van der Waals surface area contributed by atoms with Gasteiger partial charge >= 0.3 is 0 Å². The zero-order valence-corrected chi connectivity index (χ0v) is 12.4. The number of fused-ring (bicyclic) bond motifs is 1. The molecule has 7 heteroatoms. The first kappa shape index (κ1) is 14.0. The number of methoxy groups -OCH3 is 1. The van der Waals surface area contributed by atoms with Crippen LogP contribution in [0.5, 0.6) is 0 Å². The number of hydrogen-bond acceptors (Lipinski definition) is 5. The molecule has 2 N–H and O–H groups in total. The Kier molecular flexibility index (Phi) is 3.60. The van der Waals surface area contributed by atoms with Crippen molar-refractivity contribution in [2.75, 3.05) is 20.2 Å². The summed E-state index contributed by atoms with van der Waals surface area (Å²) >= 11 is 0.